The van der Waals surface area contributed by atoms with Crippen LogP contribution in [0.4, 0.5) is 4.79 Å². The van der Waals surface area contributed by atoms with Crippen molar-refractivity contribution in [2.75, 3.05) is 6.07 Å². The molecule has 0 aliphatic rings. The summed E-state index contributed by atoms with van der Waals surface area (Å²) in [6, 6.07) is 0.374. The van der Waals surface area contributed by atoms with E-state index < -0.39 is 23.7 Å². The summed E-state index contributed by atoms with van der Waals surface area (Å²) >= 11 is 5.37. The van der Waals surface area contributed by atoms with Crippen LogP contribution in [0, 0.1) is 0 Å². The van der Waals surface area contributed by atoms with Gasteiger partial charge >= 0.3 is 12.1 Å². The lowest BCUT2D eigenvalue weighted by Gasteiger charge is -2.22. The van der Waals surface area contributed by atoms with Crippen LogP contribution in [-0.4, -0.2) is 39.7 Å². The minimum atomic E-state index is -0.971. The molecule has 1 atom stereocenters. The highest BCUT2D eigenvalue weighted by molar-refractivity contribution is 6.17. The van der Waals surface area contributed by atoms with Crippen LogP contribution in [0.25, 0.3) is 0 Å². The zero-order chi connectivity index (χ0) is 15.9. The van der Waals surface area contributed by atoms with Gasteiger partial charge in [-0.05, 0) is 26.8 Å². The highest BCUT2D eigenvalue weighted by Gasteiger charge is 2.26. The minimum Gasteiger partial charge on any atom is -0.448 e. The summed E-state index contributed by atoms with van der Waals surface area (Å²) in [5.41, 5.74) is -0.672. The summed E-state index contributed by atoms with van der Waals surface area (Å²) in [4.78, 5) is 31.6. The van der Waals surface area contributed by atoms with Crippen molar-refractivity contribution in [1.82, 2.24) is 15.3 Å². The van der Waals surface area contributed by atoms with Crippen LogP contribution in [0.3, 0.4) is 0 Å². The number of alkyl carbamates (subject to hydrolysis) is 1. The topological polar surface area (TPSA) is 90.4 Å². The molecule has 1 unspecified atom stereocenters. The van der Waals surface area contributed by atoms with Crippen molar-refractivity contribution >= 4 is 23.7 Å². The zero-order valence-electron chi connectivity index (χ0n) is 12.1. The summed E-state index contributed by atoms with van der Waals surface area (Å²) in [6.07, 6.45) is 2.44. The van der Waals surface area contributed by atoms with Gasteiger partial charge in [-0.3, -0.25) is 0 Å². The van der Waals surface area contributed by atoms with Crippen molar-refractivity contribution in [1.29, 1.82) is 0 Å². The highest BCUT2D eigenvalue weighted by Crippen LogP contribution is 2.08. The van der Waals surface area contributed by atoms with E-state index in [0.29, 0.717) is 5.82 Å². The van der Waals surface area contributed by atoms with Gasteiger partial charge in [0.05, 0.1) is 0 Å². The summed E-state index contributed by atoms with van der Waals surface area (Å²) in [5.74, 6) is -0.284. The maximum absolute atomic E-state index is 11.8. The van der Waals surface area contributed by atoms with E-state index in [-0.39, 0.29) is 12.5 Å². The average Bonchev–Trinajstić information content (AvgIpc) is 2.37. The van der Waals surface area contributed by atoms with Crippen LogP contribution in [0.5, 0.6) is 0 Å². The van der Waals surface area contributed by atoms with Crippen LogP contribution >= 0.6 is 11.6 Å². The molecule has 1 heterocycles. The molecule has 0 saturated carbocycles. The number of hydrogen-bond donors (Lipinski definition) is 1. The van der Waals surface area contributed by atoms with Crippen molar-refractivity contribution in [3.8, 4) is 0 Å². The Balaban J connectivity index is 2.73. The molecule has 1 rings (SSSR count). The molecular weight excluding hydrogens is 298 g/mol. The van der Waals surface area contributed by atoms with E-state index in [0.717, 1.165) is 0 Å². The van der Waals surface area contributed by atoms with Crippen LogP contribution in [0.1, 0.15) is 26.6 Å². The van der Waals surface area contributed by atoms with Gasteiger partial charge in [-0.15, -0.1) is 0 Å². The molecule has 8 heteroatoms. The molecule has 0 saturated heterocycles. The van der Waals surface area contributed by atoms with Crippen molar-refractivity contribution in [2.24, 2.45) is 0 Å². The van der Waals surface area contributed by atoms with E-state index in [4.69, 9.17) is 21.1 Å². The molecule has 0 aromatic carbocycles. The third kappa shape index (κ3) is 6.89. The summed E-state index contributed by atoms with van der Waals surface area (Å²) in [6.45, 7) is 5.16. The first-order valence-electron chi connectivity index (χ1n) is 6.30. The number of carbonyl (C=O) groups is 2. The lowest BCUT2D eigenvalue weighted by atomic mass is 10.2. The number of halogens is 1. The van der Waals surface area contributed by atoms with E-state index in [9.17, 15) is 9.59 Å². The summed E-state index contributed by atoms with van der Waals surface area (Å²) < 4.78 is 9.81. The Kier molecular flexibility index (Phi) is 6.36. The third-order valence-electron chi connectivity index (χ3n) is 2.18. The van der Waals surface area contributed by atoms with Gasteiger partial charge in [-0.2, -0.15) is 0 Å². The molecule has 0 fully saturated rings. The Hall–Kier alpha value is -1.89. The van der Waals surface area contributed by atoms with Gasteiger partial charge in [-0.25, -0.2) is 19.6 Å². The predicted octanol–water partition coefficient (Wildman–Crippen LogP) is 1.65. The Morgan fingerprint density at radius 3 is 2.48 bits per heavy atom. The van der Waals surface area contributed by atoms with Crippen molar-refractivity contribution in [3.05, 3.63) is 24.3 Å². The molecule has 1 aromatic heterocycles. The van der Waals surface area contributed by atoms with E-state index in [1.807, 2.05) is 0 Å². The highest BCUT2D eigenvalue weighted by atomic mass is 35.5. The Bertz CT molecular complexity index is 476. The number of aromatic nitrogens is 2. The predicted molar refractivity (Wildman–Crippen MR) is 75.7 cm³/mol. The Morgan fingerprint density at radius 1 is 1.33 bits per heavy atom. The maximum Gasteiger partial charge on any atom is 0.408 e. The summed E-state index contributed by atoms with van der Waals surface area (Å²) in [7, 11) is 0. The molecule has 7 nitrogen and oxygen atoms in total. The Morgan fingerprint density at radius 2 is 1.95 bits per heavy atom. The van der Waals surface area contributed by atoms with Crippen molar-refractivity contribution in [3.63, 3.8) is 0 Å². The molecule has 1 N–H and O–H groups in total. The fourth-order valence-corrected chi connectivity index (χ4v) is 1.52. The quantitative estimate of drug-likeness (QED) is 0.656. The van der Waals surface area contributed by atoms with Gasteiger partial charge < -0.3 is 14.8 Å². The molecule has 0 bridgehead atoms. The van der Waals surface area contributed by atoms with Gasteiger partial charge in [-0.1, -0.05) is 11.6 Å². The van der Waals surface area contributed by atoms with Crippen LogP contribution < -0.4 is 5.32 Å². The molecular formula is C13H18ClN3O4. The number of rotatable bonds is 5. The fourth-order valence-electron chi connectivity index (χ4n) is 1.42. The monoisotopic (exact) mass is 315 g/mol. The number of nitrogens with one attached hydrogen (secondary N) is 1. The van der Waals surface area contributed by atoms with Crippen molar-refractivity contribution in [2.45, 2.75) is 38.8 Å². The van der Waals surface area contributed by atoms with Crippen molar-refractivity contribution < 1.29 is 19.1 Å². The van der Waals surface area contributed by atoms with Gasteiger partial charge in [0.1, 0.15) is 17.5 Å². The van der Waals surface area contributed by atoms with Crippen LogP contribution in [-0.2, 0) is 20.7 Å². The molecule has 1 aromatic rings. The standard InChI is InChI=1S/C13H18ClN3O4/c1-13(2,3)21-12(19)17-9(11(18)20-8-14)7-10-15-5-4-6-16-10/h4-6,9H,7-8H2,1-3H3,(H,17,19). The smallest absolute Gasteiger partial charge is 0.408 e. The molecule has 0 aliphatic heterocycles. The largest absolute Gasteiger partial charge is 0.448 e. The minimum absolute atomic E-state index is 0.0792. The first-order chi connectivity index (χ1) is 9.81. The van der Waals surface area contributed by atoms with Crippen LogP contribution in [0.2, 0.25) is 0 Å². The van der Waals surface area contributed by atoms with Gasteiger partial charge in [0.15, 0.2) is 6.07 Å². The van der Waals surface area contributed by atoms with Crippen LogP contribution in [0.15, 0.2) is 18.5 Å². The molecule has 0 radical (unpaired) electrons. The number of alkyl halides is 1. The molecule has 1 amide bonds. The number of esters is 1. The first-order valence-corrected chi connectivity index (χ1v) is 6.83. The number of ether oxygens (including phenoxy) is 2. The molecule has 0 spiro atoms. The van der Waals surface area contributed by atoms with E-state index in [2.05, 4.69) is 15.3 Å². The van der Waals surface area contributed by atoms with E-state index >= 15 is 0 Å². The van der Waals surface area contributed by atoms with Gasteiger partial charge in [0.2, 0.25) is 0 Å². The second kappa shape index (κ2) is 7.78. The molecule has 21 heavy (non-hydrogen) atoms. The molecule has 116 valence electrons. The third-order valence-corrected chi connectivity index (χ3v) is 2.29. The van der Waals surface area contributed by atoms with E-state index in [1.165, 1.54) is 0 Å². The normalized spacial score (nSPS) is 12.4. The second-order valence-electron chi connectivity index (χ2n) is 5.14. The zero-order valence-corrected chi connectivity index (χ0v) is 12.9. The number of hydrogen-bond acceptors (Lipinski definition) is 6. The Labute approximate surface area is 128 Å². The first kappa shape index (κ1) is 17.2. The lowest BCUT2D eigenvalue weighted by molar-refractivity contribution is -0.144. The number of nitrogens with zero attached hydrogens (tertiary/aromatic N) is 2. The number of amides is 1. The van der Waals surface area contributed by atoms with Gasteiger partial charge in [0, 0.05) is 18.8 Å². The average molecular weight is 316 g/mol. The fraction of sp³-hybridized carbons (Fsp3) is 0.538. The number of carbonyl (C=O) groups excluding carboxylic acids is 2. The van der Waals surface area contributed by atoms with Gasteiger partial charge in [0.25, 0.3) is 0 Å². The molecule has 0 aliphatic carbocycles. The summed E-state index contributed by atoms with van der Waals surface area (Å²) in [5, 5.41) is 2.43. The van der Waals surface area contributed by atoms with E-state index in [1.54, 1.807) is 39.2 Å². The maximum atomic E-state index is 11.8. The SMILES string of the molecule is CC(C)(C)OC(=O)NC(Cc1ncccn1)C(=O)OCCl. The second-order valence-corrected chi connectivity index (χ2v) is 5.36. The lowest BCUT2D eigenvalue weighted by Crippen LogP contribution is -2.45.